The van der Waals surface area contributed by atoms with Crippen molar-refractivity contribution in [3.63, 3.8) is 0 Å². The van der Waals surface area contributed by atoms with Gasteiger partial charge in [-0.3, -0.25) is 4.79 Å². The minimum atomic E-state index is -3.51. The third-order valence-corrected chi connectivity index (χ3v) is 9.48. The van der Waals surface area contributed by atoms with Crippen molar-refractivity contribution in [3.8, 4) is 0 Å². The van der Waals surface area contributed by atoms with Crippen LogP contribution in [0.3, 0.4) is 0 Å². The van der Waals surface area contributed by atoms with E-state index >= 15 is 0 Å². The van der Waals surface area contributed by atoms with Crippen LogP contribution in [0.1, 0.15) is 42.7 Å². The number of amides is 1. The number of nitrogens with one attached hydrogen (secondary N) is 1. The molecule has 1 aliphatic carbocycles. The number of fused-ring (bicyclic) bond motifs is 1. The Hall–Kier alpha value is -1.29. The zero-order valence-electron chi connectivity index (χ0n) is 15.0. The number of carbonyl (C=O) groups is 1. The Balaban J connectivity index is 1.43. The molecule has 0 spiro atoms. The lowest BCUT2D eigenvalue weighted by Crippen LogP contribution is -2.43. The molecule has 6 nitrogen and oxygen atoms in total. The number of sulfonamides is 1. The molecule has 1 N–H and O–H groups in total. The molecule has 0 radical (unpaired) electrons. The zero-order chi connectivity index (χ0) is 18.9. The van der Waals surface area contributed by atoms with Gasteiger partial charge in [-0.25, -0.2) is 13.4 Å². The molecular formula is C18H23N3O3S3. The highest BCUT2D eigenvalue weighted by Gasteiger charge is 2.34. The molecule has 0 saturated carbocycles. The first kappa shape index (κ1) is 19.0. The second kappa shape index (κ2) is 7.98. The number of nitrogens with zero attached hydrogens (tertiary/aromatic N) is 2. The molecule has 27 heavy (non-hydrogen) atoms. The van der Waals surface area contributed by atoms with Crippen LogP contribution in [-0.2, 0) is 27.7 Å². The lowest BCUT2D eigenvalue weighted by Gasteiger charge is -2.30. The number of carbonyl (C=O) groups excluding carboxylic acids is 1. The zero-order valence-corrected chi connectivity index (χ0v) is 17.5. The molecule has 2 aromatic heterocycles. The summed E-state index contributed by atoms with van der Waals surface area (Å²) >= 11 is 2.79. The van der Waals surface area contributed by atoms with Crippen LogP contribution in [-0.4, -0.2) is 36.7 Å². The number of thiazole rings is 1. The average molecular weight is 426 g/mol. The van der Waals surface area contributed by atoms with Gasteiger partial charge >= 0.3 is 0 Å². The Morgan fingerprint density at radius 3 is 2.89 bits per heavy atom. The maximum atomic E-state index is 12.7. The summed E-state index contributed by atoms with van der Waals surface area (Å²) < 4.78 is 27.3. The second-order valence-corrected chi connectivity index (χ2v) is 11.3. The highest BCUT2D eigenvalue weighted by Crippen LogP contribution is 2.30. The normalized spacial score (nSPS) is 21.4. The van der Waals surface area contributed by atoms with Gasteiger partial charge in [0.1, 0.15) is 4.21 Å². The summed E-state index contributed by atoms with van der Waals surface area (Å²) in [5.41, 5.74) is 1.12. The van der Waals surface area contributed by atoms with Crippen LogP contribution in [0.25, 0.3) is 0 Å². The topological polar surface area (TPSA) is 79.4 Å². The van der Waals surface area contributed by atoms with E-state index in [0.717, 1.165) is 25.0 Å². The number of anilines is 1. The van der Waals surface area contributed by atoms with Crippen LogP contribution in [0.5, 0.6) is 0 Å². The first-order valence-electron chi connectivity index (χ1n) is 9.37. The monoisotopic (exact) mass is 425 g/mol. The van der Waals surface area contributed by atoms with Gasteiger partial charge in [0.25, 0.3) is 10.0 Å². The van der Waals surface area contributed by atoms with Gasteiger partial charge in [-0.05, 0) is 50.0 Å². The molecule has 0 aromatic carbocycles. The van der Waals surface area contributed by atoms with Crippen molar-refractivity contribution in [1.29, 1.82) is 0 Å². The summed E-state index contributed by atoms with van der Waals surface area (Å²) in [6.45, 7) is 0.701. The van der Waals surface area contributed by atoms with Gasteiger partial charge in [-0.1, -0.05) is 12.5 Å². The number of thiophene rings is 1. The summed E-state index contributed by atoms with van der Waals surface area (Å²) in [5, 5.41) is 5.36. The number of rotatable bonds is 4. The molecule has 1 saturated heterocycles. The van der Waals surface area contributed by atoms with Crippen molar-refractivity contribution in [2.75, 3.05) is 18.4 Å². The number of aryl methyl sites for hydroxylation is 2. The van der Waals surface area contributed by atoms with E-state index in [1.165, 1.54) is 33.4 Å². The van der Waals surface area contributed by atoms with Gasteiger partial charge in [0.05, 0.1) is 11.6 Å². The van der Waals surface area contributed by atoms with Gasteiger partial charge in [0.15, 0.2) is 5.13 Å². The number of aromatic nitrogens is 1. The van der Waals surface area contributed by atoms with E-state index in [0.29, 0.717) is 28.7 Å². The van der Waals surface area contributed by atoms with Crippen molar-refractivity contribution in [1.82, 2.24) is 9.29 Å². The van der Waals surface area contributed by atoms with Crippen LogP contribution in [0.15, 0.2) is 21.7 Å². The maximum absolute atomic E-state index is 12.7. The summed E-state index contributed by atoms with van der Waals surface area (Å²) in [4.78, 5) is 18.6. The van der Waals surface area contributed by atoms with Crippen molar-refractivity contribution < 1.29 is 13.2 Å². The van der Waals surface area contributed by atoms with E-state index in [9.17, 15) is 13.2 Å². The molecule has 146 valence electrons. The van der Waals surface area contributed by atoms with Gasteiger partial charge in [-0.2, -0.15) is 4.31 Å². The fourth-order valence-electron chi connectivity index (χ4n) is 3.70. The molecule has 2 aromatic rings. The Bertz CT molecular complexity index is 882. The lowest BCUT2D eigenvalue weighted by molar-refractivity contribution is -0.120. The first-order valence-corrected chi connectivity index (χ1v) is 12.5. The predicted molar refractivity (Wildman–Crippen MR) is 108 cm³/mol. The summed E-state index contributed by atoms with van der Waals surface area (Å²) in [6, 6.07) is 3.35. The van der Waals surface area contributed by atoms with Crippen molar-refractivity contribution in [3.05, 3.63) is 28.1 Å². The number of hydrogen-bond donors (Lipinski definition) is 1. The van der Waals surface area contributed by atoms with Gasteiger partial charge in [0, 0.05) is 18.0 Å². The molecule has 1 atom stereocenters. The van der Waals surface area contributed by atoms with E-state index in [1.54, 1.807) is 28.8 Å². The van der Waals surface area contributed by atoms with Gasteiger partial charge in [0.2, 0.25) is 5.91 Å². The van der Waals surface area contributed by atoms with E-state index in [4.69, 9.17) is 0 Å². The molecule has 4 rings (SSSR count). The molecular weight excluding hydrogens is 402 g/mol. The third kappa shape index (κ3) is 4.11. The molecule has 1 aliphatic heterocycles. The van der Waals surface area contributed by atoms with E-state index in [2.05, 4.69) is 10.3 Å². The molecule has 3 heterocycles. The molecule has 2 aliphatic rings. The minimum Gasteiger partial charge on any atom is -0.302 e. The molecule has 9 heteroatoms. The predicted octanol–water partition coefficient (Wildman–Crippen LogP) is 3.51. The Morgan fingerprint density at radius 2 is 2.07 bits per heavy atom. The smallest absolute Gasteiger partial charge is 0.252 e. The van der Waals surface area contributed by atoms with Crippen LogP contribution < -0.4 is 5.32 Å². The number of hydrogen-bond acceptors (Lipinski definition) is 6. The number of piperidine rings is 1. The van der Waals surface area contributed by atoms with Crippen molar-refractivity contribution >= 4 is 43.7 Å². The second-order valence-electron chi connectivity index (χ2n) is 7.07. The molecule has 1 amide bonds. The van der Waals surface area contributed by atoms with Gasteiger partial charge < -0.3 is 5.32 Å². The van der Waals surface area contributed by atoms with Crippen LogP contribution >= 0.6 is 22.7 Å². The summed E-state index contributed by atoms with van der Waals surface area (Å²) in [7, 11) is -3.51. The average Bonchev–Trinajstić information content (AvgIpc) is 3.28. The lowest BCUT2D eigenvalue weighted by atomic mass is 9.99. The molecule has 1 unspecified atom stereocenters. The van der Waals surface area contributed by atoms with Crippen molar-refractivity contribution in [2.45, 2.75) is 49.2 Å². The fourth-order valence-corrected chi connectivity index (χ4v) is 7.42. The SMILES string of the molecule is O=C(Nc1nc2c(s1)CCCCC2)C1CCCN(S(=O)(=O)c2cccs2)C1. The van der Waals surface area contributed by atoms with Crippen LogP contribution in [0.4, 0.5) is 5.13 Å². The first-order chi connectivity index (χ1) is 13.0. The quantitative estimate of drug-likeness (QED) is 0.760. The highest BCUT2D eigenvalue weighted by molar-refractivity contribution is 7.91. The summed E-state index contributed by atoms with van der Waals surface area (Å²) in [6.07, 6.45) is 6.99. The van der Waals surface area contributed by atoms with E-state index in [1.807, 2.05) is 0 Å². The maximum Gasteiger partial charge on any atom is 0.252 e. The van der Waals surface area contributed by atoms with Gasteiger partial charge in [-0.15, -0.1) is 22.7 Å². The fraction of sp³-hybridized carbons (Fsp3) is 0.556. The standard InChI is InChI=1S/C18H23N3O3S3/c22-17(20-18-19-14-7-2-1-3-8-15(14)26-18)13-6-4-10-21(12-13)27(23,24)16-9-5-11-25-16/h5,9,11,13H,1-4,6-8,10,12H2,(H,19,20,22). The van der Waals surface area contributed by atoms with E-state index in [-0.39, 0.29) is 18.4 Å². The van der Waals surface area contributed by atoms with Crippen LogP contribution in [0, 0.1) is 5.92 Å². The largest absolute Gasteiger partial charge is 0.302 e. The third-order valence-electron chi connectivity index (χ3n) is 5.17. The molecule has 0 bridgehead atoms. The van der Waals surface area contributed by atoms with Crippen molar-refractivity contribution in [2.24, 2.45) is 5.92 Å². The highest BCUT2D eigenvalue weighted by atomic mass is 32.2. The minimum absolute atomic E-state index is 0.120. The Labute approximate surface area is 167 Å². The summed E-state index contributed by atoms with van der Waals surface area (Å²) in [5.74, 6) is -0.456. The van der Waals surface area contributed by atoms with E-state index < -0.39 is 10.0 Å². The van der Waals surface area contributed by atoms with Crippen LogP contribution in [0.2, 0.25) is 0 Å². The Morgan fingerprint density at radius 1 is 1.22 bits per heavy atom. The molecule has 1 fully saturated rings. The Kier molecular flexibility index (Phi) is 5.63.